The van der Waals surface area contributed by atoms with Crippen molar-refractivity contribution in [2.24, 2.45) is 23.7 Å². The number of unbranched alkanes of at least 4 members (excludes halogenated alkanes) is 16. The summed E-state index contributed by atoms with van der Waals surface area (Å²) in [6.07, 6.45) is 55.0. The maximum atomic E-state index is 13.1. The first-order valence-corrected chi connectivity index (χ1v) is 33.1. The lowest BCUT2D eigenvalue weighted by molar-refractivity contribution is -0.151. The molecule has 3 aliphatic rings. The van der Waals surface area contributed by atoms with Gasteiger partial charge in [-0.25, -0.2) is 9.59 Å². The second kappa shape index (κ2) is 44.1. The molecule has 8 atom stereocenters. The summed E-state index contributed by atoms with van der Waals surface area (Å²) < 4.78 is 23.7. The van der Waals surface area contributed by atoms with E-state index in [-0.39, 0.29) is 48.3 Å². The lowest BCUT2D eigenvalue weighted by Crippen LogP contribution is -2.35. The fraction of sp³-hybridized carbons (Fsp3) is 0.882. The van der Waals surface area contributed by atoms with Crippen molar-refractivity contribution >= 4 is 23.9 Å². The molecule has 3 rings (SSSR count). The molecule has 3 aliphatic carbocycles. The van der Waals surface area contributed by atoms with Gasteiger partial charge in [0.2, 0.25) is 0 Å². The molecule has 440 valence electrons. The van der Waals surface area contributed by atoms with E-state index in [9.17, 15) is 19.2 Å². The van der Waals surface area contributed by atoms with Crippen molar-refractivity contribution in [3.05, 3.63) is 24.3 Å². The van der Waals surface area contributed by atoms with Crippen LogP contribution < -0.4 is 0 Å². The van der Waals surface area contributed by atoms with Crippen molar-refractivity contribution in [1.29, 1.82) is 0 Å². The van der Waals surface area contributed by atoms with Crippen LogP contribution in [0.4, 0.5) is 0 Å². The van der Waals surface area contributed by atoms with Crippen molar-refractivity contribution in [3.63, 3.8) is 0 Å². The number of rotatable bonds is 34. The Labute approximate surface area is 468 Å². The summed E-state index contributed by atoms with van der Waals surface area (Å²) in [6, 6.07) is 0. The third kappa shape index (κ3) is 32.4. The van der Waals surface area contributed by atoms with E-state index in [1.54, 1.807) is 13.8 Å². The molecule has 0 bridgehead atoms. The monoisotopic (exact) mass is 1060 g/mol. The van der Waals surface area contributed by atoms with E-state index >= 15 is 0 Å². The number of hydrogen-bond acceptors (Lipinski definition) is 8. The predicted octanol–water partition coefficient (Wildman–Crippen LogP) is 20.1. The molecule has 0 aromatic carbocycles. The molecule has 0 saturated heterocycles. The zero-order chi connectivity index (χ0) is 54.9. The van der Waals surface area contributed by atoms with Gasteiger partial charge in [0, 0.05) is 24.0 Å². The van der Waals surface area contributed by atoms with E-state index in [4.69, 9.17) is 18.9 Å². The minimum absolute atomic E-state index is 0.00785. The van der Waals surface area contributed by atoms with Crippen LogP contribution in [-0.2, 0) is 38.1 Å². The molecule has 0 amide bonds. The Morgan fingerprint density at radius 2 is 0.592 bits per heavy atom. The third-order valence-electron chi connectivity index (χ3n) is 17.9. The standard InChI is InChI=1S/C68H120O8/c1-7-9-11-13-17-31-49-63-57(39-25-12-10-8-2)53-54-58(40-26-16-14-19-33-51-65(69)73-59-41-27-21-23-29-43-61(47-37-35-45-59)75-67(71)55(3)4)64(63)50-32-18-15-20-34-52-66(70)74-60-42-28-22-24-30-44-62(48-38-36-46-60)76-68(72)56(5)6/h57-64H,3,5,7-54H2,1-2,4,6H3. The van der Waals surface area contributed by atoms with Crippen molar-refractivity contribution in [3.8, 4) is 0 Å². The maximum Gasteiger partial charge on any atom is 0.333 e. The zero-order valence-corrected chi connectivity index (χ0v) is 50.2. The Morgan fingerprint density at radius 3 is 0.921 bits per heavy atom. The molecule has 0 heterocycles. The summed E-state index contributed by atoms with van der Waals surface area (Å²) in [5.74, 6) is 2.90. The molecule has 76 heavy (non-hydrogen) atoms. The minimum atomic E-state index is -0.277. The van der Waals surface area contributed by atoms with Gasteiger partial charge in [0.1, 0.15) is 24.4 Å². The van der Waals surface area contributed by atoms with E-state index < -0.39 is 0 Å². The third-order valence-corrected chi connectivity index (χ3v) is 17.9. The Hall–Kier alpha value is -2.64. The molecule has 0 spiro atoms. The Kier molecular flexibility index (Phi) is 39.3. The van der Waals surface area contributed by atoms with Gasteiger partial charge in [0.05, 0.1) is 0 Å². The number of carbonyl (C=O) groups is 4. The fourth-order valence-corrected chi connectivity index (χ4v) is 13.3. The summed E-state index contributed by atoms with van der Waals surface area (Å²) in [5.41, 5.74) is 0.926. The predicted molar refractivity (Wildman–Crippen MR) is 316 cm³/mol. The van der Waals surface area contributed by atoms with Crippen LogP contribution in [0.5, 0.6) is 0 Å². The zero-order valence-electron chi connectivity index (χ0n) is 50.2. The largest absolute Gasteiger partial charge is 0.462 e. The lowest BCUT2D eigenvalue weighted by atomic mass is 9.61. The smallest absolute Gasteiger partial charge is 0.333 e. The van der Waals surface area contributed by atoms with Gasteiger partial charge in [-0.15, -0.1) is 0 Å². The molecule has 8 nitrogen and oxygen atoms in total. The van der Waals surface area contributed by atoms with Crippen LogP contribution in [0.15, 0.2) is 24.3 Å². The minimum Gasteiger partial charge on any atom is -0.462 e. The van der Waals surface area contributed by atoms with Crippen molar-refractivity contribution in [2.45, 2.75) is 360 Å². The maximum absolute atomic E-state index is 13.1. The van der Waals surface area contributed by atoms with E-state index in [0.29, 0.717) is 24.0 Å². The summed E-state index contributed by atoms with van der Waals surface area (Å²) in [7, 11) is 0. The second-order valence-electron chi connectivity index (χ2n) is 24.8. The highest BCUT2D eigenvalue weighted by atomic mass is 16.6. The molecular weight excluding hydrogens is 945 g/mol. The highest BCUT2D eigenvalue weighted by Crippen LogP contribution is 2.48. The number of esters is 4. The van der Waals surface area contributed by atoms with Gasteiger partial charge in [-0.05, 0) is 179 Å². The van der Waals surface area contributed by atoms with Gasteiger partial charge in [-0.3, -0.25) is 9.59 Å². The van der Waals surface area contributed by atoms with Crippen LogP contribution in [0.1, 0.15) is 336 Å². The van der Waals surface area contributed by atoms with E-state index in [2.05, 4.69) is 27.0 Å². The normalized spacial score (nSPS) is 24.6. The average molecular weight is 1070 g/mol. The van der Waals surface area contributed by atoms with Gasteiger partial charge in [0.25, 0.3) is 0 Å². The summed E-state index contributed by atoms with van der Waals surface area (Å²) >= 11 is 0. The highest BCUT2D eigenvalue weighted by Gasteiger charge is 2.38. The molecule has 8 heteroatoms. The number of carbonyl (C=O) groups excluding carboxylic acids is 4. The van der Waals surface area contributed by atoms with Crippen LogP contribution in [0, 0.1) is 23.7 Å². The van der Waals surface area contributed by atoms with Crippen LogP contribution in [0.25, 0.3) is 0 Å². The van der Waals surface area contributed by atoms with E-state index in [1.165, 1.54) is 141 Å². The lowest BCUT2D eigenvalue weighted by Gasteiger charge is -2.44. The van der Waals surface area contributed by atoms with Crippen LogP contribution in [0.2, 0.25) is 0 Å². The first kappa shape index (κ1) is 67.6. The Balaban J connectivity index is 1.45. The van der Waals surface area contributed by atoms with Crippen molar-refractivity contribution in [2.75, 3.05) is 0 Å². The summed E-state index contributed by atoms with van der Waals surface area (Å²) in [4.78, 5) is 50.6. The molecular formula is C68H120O8. The van der Waals surface area contributed by atoms with Crippen LogP contribution in [0.3, 0.4) is 0 Å². The van der Waals surface area contributed by atoms with Gasteiger partial charge in [0.15, 0.2) is 0 Å². The quantitative estimate of drug-likeness (QED) is 0.0272. The molecule has 0 aromatic rings. The first-order valence-electron chi connectivity index (χ1n) is 33.1. The molecule has 0 N–H and O–H groups in total. The summed E-state index contributed by atoms with van der Waals surface area (Å²) in [5, 5.41) is 0. The summed E-state index contributed by atoms with van der Waals surface area (Å²) in [6.45, 7) is 15.6. The van der Waals surface area contributed by atoms with Crippen molar-refractivity contribution < 1.29 is 38.1 Å². The van der Waals surface area contributed by atoms with Gasteiger partial charge >= 0.3 is 23.9 Å². The number of ether oxygens (including phenoxy) is 4. The van der Waals surface area contributed by atoms with Crippen LogP contribution in [-0.4, -0.2) is 48.3 Å². The Morgan fingerprint density at radius 1 is 0.329 bits per heavy atom. The van der Waals surface area contributed by atoms with E-state index in [0.717, 1.165) is 178 Å². The fourth-order valence-electron chi connectivity index (χ4n) is 13.3. The molecule has 3 fully saturated rings. The topological polar surface area (TPSA) is 105 Å². The molecule has 0 aliphatic heterocycles. The number of hydrogen-bond donors (Lipinski definition) is 0. The van der Waals surface area contributed by atoms with Gasteiger partial charge < -0.3 is 18.9 Å². The molecule has 0 aromatic heterocycles. The van der Waals surface area contributed by atoms with Crippen molar-refractivity contribution in [1.82, 2.24) is 0 Å². The Bertz CT molecular complexity index is 1540. The molecule has 0 radical (unpaired) electrons. The SMILES string of the molecule is C=C(C)C(=O)OC1CCCCCCC(OC(=O)CCCCCCCC2CCC(CCCCCC)C(CCCCCCCC)C2CCCCCCCC(=O)OC2CCCCCCC(OC(=O)C(=C)C)CCCC2)CCCC1. The highest BCUT2D eigenvalue weighted by molar-refractivity contribution is 5.87. The van der Waals surface area contributed by atoms with Crippen LogP contribution >= 0.6 is 0 Å². The van der Waals surface area contributed by atoms with Gasteiger partial charge in [-0.2, -0.15) is 0 Å². The second-order valence-corrected chi connectivity index (χ2v) is 24.8. The first-order chi connectivity index (χ1) is 37.0. The van der Waals surface area contributed by atoms with E-state index in [1.807, 2.05) is 0 Å². The molecule has 8 unspecified atom stereocenters. The van der Waals surface area contributed by atoms with Gasteiger partial charge in [-0.1, -0.05) is 181 Å². The average Bonchev–Trinajstić information content (AvgIpc) is 3.39. The molecule has 3 saturated carbocycles.